The highest BCUT2D eigenvalue weighted by Crippen LogP contribution is 2.19. The van der Waals surface area contributed by atoms with E-state index in [9.17, 15) is 13.2 Å². The number of sulfone groups is 1. The largest absolute Gasteiger partial charge is 0.480 e. The summed E-state index contributed by atoms with van der Waals surface area (Å²) in [6.07, 6.45) is 0. The molecule has 0 bridgehead atoms. The molecule has 1 aromatic carbocycles. The Bertz CT molecular complexity index is 481. The average Bonchev–Trinajstić information content (AvgIpc) is 2.16. The molecule has 0 aliphatic rings. The van der Waals surface area contributed by atoms with Gasteiger partial charge in [-0.3, -0.25) is 4.79 Å². The van der Waals surface area contributed by atoms with Crippen LogP contribution in [0.4, 0.5) is 0 Å². The van der Waals surface area contributed by atoms with E-state index in [0.29, 0.717) is 0 Å². The van der Waals surface area contributed by atoms with E-state index >= 15 is 0 Å². The second-order valence-electron chi connectivity index (χ2n) is 2.98. The van der Waals surface area contributed by atoms with Gasteiger partial charge in [0.25, 0.3) is 0 Å². The fourth-order valence-electron chi connectivity index (χ4n) is 0.981. The number of rotatable bonds is 3. The van der Waals surface area contributed by atoms with Crippen molar-refractivity contribution >= 4 is 27.4 Å². The van der Waals surface area contributed by atoms with Crippen molar-refractivity contribution < 1.29 is 18.3 Å². The minimum atomic E-state index is -3.84. The molecule has 0 heterocycles. The van der Waals surface area contributed by atoms with Gasteiger partial charge >= 0.3 is 5.97 Å². The van der Waals surface area contributed by atoms with Gasteiger partial charge in [-0.2, -0.15) is 0 Å². The first kappa shape index (κ1) is 12.0. The summed E-state index contributed by atoms with van der Waals surface area (Å²) in [6.45, 7) is 1.12. The predicted molar refractivity (Wildman–Crippen MR) is 55.7 cm³/mol. The molecule has 0 fully saturated rings. The summed E-state index contributed by atoms with van der Waals surface area (Å²) in [4.78, 5) is 10.5. The summed E-state index contributed by atoms with van der Waals surface area (Å²) in [5.74, 6) is -1.38. The van der Waals surface area contributed by atoms with Crippen molar-refractivity contribution in [1.82, 2.24) is 0 Å². The predicted octanol–water partition coefficient (Wildman–Crippen LogP) is 1.59. The molecule has 4 nitrogen and oxygen atoms in total. The summed E-state index contributed by atoms with van der Waals surface area (Å²) in [5, 5.41) is 7.42. The quantitative estimate of drug-likeness (QED) is 0.882. The van der Waals surface area contributed by atoms with Gasteiger partial charge in [-0.05, 0) is 25.1 Å². The van der Waals surface area contributed by atoms with E-state index in [1.54, 1.807) is 0 Å². The van der Waals surface area contributed by atoms with Gasteiger partial charge in [-0.1, -0.05) is 17.7 Å². The maximum Gasteiger partial charge on any atom is 0.321 e. The normalized spacial score (nSPS) is 13.5. The van der Waals surface area contributed by atoms with Crippen molar-refractivity contribution in [2.24, 2.45) is 0 Å². The van der Waals surface area contributed by atoms with Crippen molar-refractivity contribution in [3.8, 4) is 0 Å². The molecule has 0 saturated heterocycles. The summed E-state index contributed by atoms with van der Waals surface area (Å²) in [7, 11) is -3.84. The molecule has 0 aliphatic heterocycles. The fourth-order valence-corrected chi connectivity index (χ4v) is 2.47. The molecule has 1 N–H and O–H groups in total. The molecule has 6 heteroatoms. The monoisotopic (exact) mass is 248 g/mol. The average molecular weight is 249 g/mol. The molecule has 1 rings (SSSR count). The zero-order chi connectivity index (χ0) is 11.6. The van der Waals surface area contributed by atoms with Crippen LogP contribution >= 0.6 is 11.6 Å². The maximum atomic E-state index is 11.7. The van der Waals surface area contributed by atoms with Gasteiger partial charge in [0.05, 0.1) is 4.90 Å². The van der Waals surface area contributed by atoms with Crippen LogP contribution in [0.3, 0.4) is 0 Å². The van der Waals surface area contributed by atoms with Gasteiger partial charge in [0.2, 0.25) is 0 Å². The lowest BCUT2D eigenvalue weighted by atomic mass is 10.4. The first-order chi connectivity index (χ1) is 6.85. The van der Waals surface area contributed by atoms with Gasteiger partial charge in [-0.25, -0.2) is 8.42 Å². The van der Waals surface area contributed by atoms with E-state index < -0.39 is 21.1 Å². The lowest BCUT2D eigenvalue weighted by molar-refractivity contribution is -0.136. The molecule has 0 aromatic heterocycles. The Balaban J connectivity index is 3.23. The molecule has 0 spiro atoms. The number of benzene rings is 1. The number of carboxylic acids is 1. The highest BCUT2D eigenvalue weighted by molar-refractivity contribution is 7.92. The summed E-state index contributed by atoms with van der Waals surface area (Å²) < 4.78 is 23.4. The maximum absolute atomic E-state index is 11.7. The molecule has 0 amide bonds. The Labute approximate surface area is 92.4 Å². The van der Waals surface area contributed by atoms with Crippen LogP contribution in [-0.4, -0.2) is 24.7 Å². The van der Waals surface area contributed by atoms with Gasteiger partial charge in [-0.15, -0.1) is 0 Å². The van der Waals surface area contributed by atoms with Crippen molar-refractivity contribution in [1.29, 1.82) is 0 Å². The minimum Gasteiger partial charge on any atom is -0.480 e. The van der Waals surface area contributed by atoms with E-state index in [4.69, 9.17) is 16.7 Å². The van der Waals surface area contributed by atoms with Crippen molar-refractivity contribution in [2.45, 2.75) is 17.1 Å². The Hall–Kier alpha value is -1.07. The number of aliphatic carboxylic acids is 1. The van der Waals surface area contributed by atoms with Gasteiger partial charge in [0, 0.05) is 5.02 Å². The standard InChI is InChI=1S/C9H9ClO4S/c1-6(9(11)12)15(13,14)8-4-2-3-7(10)5-8/h2-6H,1H3,(H,11,12). The van der Waals surface area contributed by atoms with Crippen LogP contribution in [0.1, 0.15) is 6.92 Å². The Morgan fingerprint density at radius 3 is 2.53 bits per heavy atom. The van der Waals surface area contributed by atoms with Crippen LogP contribution in [0.2, 0.25) is 5.02 Å². The minimum absolute atomic E-state index is 0.0788. The fraction of sp³-hybridized carbons (Fsp3) is 0.222. The summed E-state index contributed by atoms with van der Waals surface area (Å²) in [6, 6.07) is 5.53. The number of hydrogen-bond donors (Lipinski definition) is 1. The molecular weight excluding hydrogens is 240 g/mol. The molecule has 0 radical (unpaired) electrons. The first-order valence-corrected chi connectivity index (χ1v) is 6.00. The Morgan fingerprint density at radius 1 is 1.47 bits per heavy atom. The van der Waals surface area contributed by atoms with Crippen LogP contribution in [0.5, 0.6) is 0 Å². The second kappa shape index (κ2) is 4.20. The molecule has 1 atom stereocenters. The van der Waals surface area contributed by atoms with Crippen LogP contribution in [0.25, 0.3) is 0 Å². The third-order valence-electron chi connectivity index (χ3n) is 1.94. The van der Waals surface area contributed by atoms with Crippen LogP contribution in [0.15, 0.2) is 29.2 Å². The lowest BCUT2D eigenvalue weighted by Crippen LogP contribution is -2.26. The number of carboxylic acid groups (broad SMARTS) is 1. The molecule has 1 unspecified atom stereocenters. The van der Waals surface area contributed by atoms with Crippen LogP contribution in [-0.2, 0) is 14.6 Å². The molecule has 0 aliphatic carbocycles. The highest BCUT2D eigenvalue weighted by atomic mass is 35.5. The topological polar surface area (TPSA) is 71.4 Å². The van der Waals surface area contributed by atoms with E-state index in [-0.39, 0.29) is 9.92 Å². The lowest BCUT2D eigenvalue weighted by Gasteiger charge is -2.08. The zero-order valence-electron chi connectivity index (χ0n) is 7.84. The molecule has 82 valence electrons. The molecule has 0 saturated carbocycles. The highest BCUT2D eigenvalue weighted by Gasteiger charge is 2.29. The van der Waals surface area contributed by atoms with E-state index in [1.807, 2.05) is 0 Å². The Kier molecular flexibility index (Phi) is 3.36. The van der Waals surface area contributed by atoms with Crippen molar-refractivity contribution in [2.75, 3.05) is 0 Å². The van der Waals surface area contributed by atoms with Crippen molar-refractivity contribution in [3.63, 3.8) is 0 Å². The van der Waals surface area contributed by atoms with E-state index in [1.165, 1.54) is 24.3 Å². The second-order valence-corrected chi connectivity index (χ2v) is 5.69. The van der Waals surface area contributed by atoms with E-state index in [2.05, 4.69) is 0 Å². The smallest absolute Gasteiger partial charge is 0.321 e. The number of carbonyl (C=O) groups is 1. The number of hydrogen-bond acceptors (Lipinski definition) is 3. The van der Waals surface area contributed by atoms with Gasteiger partial charge < -0.3 is 5.11 Å². The first-order valence-electron chi connectivity index (χ1n) is 4.08. The van der Waals surface area contributed by atoms with Gasteiger partial charge in [0.1, 0.15) is 0 Å². The van der Waals surface area contributed by atoms with E-state index in [0.717, 1.165) is 6.92 Å². The third kappa shape index (κ3) is 2.49. The number of halogens is 1. The van der Waals surface area contributed by atoms with Crippen molar-refractivity contribution in [3.05, 3.63) is 29.3 Å². The van der Waals surface area contributed by atoms with Crippen LogP contribution in [0, 0.1) is 0 Å². The molecule has 15 heavy (non-hydrogen) atoms. The summed E-state index contributed by atoms with van der Waals surface area (Å²) >= 11 is 5.62. The molecule has 1 aromatic rings. The zero-order valence-corrected chi connectivity index (χ0v) is 9.42. The van der Waals surface area contributed by atoms with Gasteiger partial charge in [0.15, 0.2) is 15.1 Å². The Morgan fingerprint density at radius 2 is 2.07 bits per heavy atom. The van der Waals surface area contributed by atoms with Crippen LogP contribution < -0.4 is 0 Å². The SMILES string of the molecule is CC(C(=O)O)S(=O)(=O)c1cccc(Cl)c1. The third-order valence-corrected chi connectivity index (χ3v) is 4.22. The summed E-state index contributed by atoms with van der Waals surface area (Å²) in [5.41, 5.74) is 0. The molecular formula is C9H9ClO4S.